The van der Waals surface area contributed by atoms with Crippen molar-refractivity contribution in [3.8, 4) is 0 Å². The lowest BCUT2D eigenvalue weighted by atomic mass is 10.4. The number of nitrogens with one attached hydrogen (secondary N) is 1. The number of aromatic nitrogens is 2. The van der Waals surface area contributed by atoms with Gasteiger partial charge in [0.1, 0.15) is 5.82 Å². The van der Waals surface area contributed by atoms with Crippen molar-refractivity contribution in [1.29, 1.82) is 0 Å². The van der Waals surface area contributed by atoms with Crippen LogP contribution in [0, 0.1) is 0 Å². The molecule has 0 saturated carbocycles. The third-order valence-electron chi connectivity index (χ3n) is 1.73. The Balaban J connectivity index is 2.44. The van der Waals surface area contributed by atoms with Gasteiger partial charge in [0.25, 0.3) is 0 Å². The number of aliphatic hydroxyl groups excluding tert-OH is 1. The fourth-order valence-electron chi connectivity index (χ4n) is 1.18. The minimum Gasteiger partial charge on any atom is -0.395 e. The lowest BCUT2D eigenvalue weighted by molar-refractivity contribution is 0.311. The summed E-state index contributed by atoms with van der Waals surface area (Å²) in [6.07, 6.45) is 0. The van der Waals surface area contributed by atoms with E-state index in [0.717, 1.165) is 10.2 Å². The van der Waals surface area contributed by atoms with Gasteiger partial charge in [-0.05, 0) is 11.4 Å². The van der Waals surface area contributed by atoms with Gasteiger partial charge in [-0.2, -0.15) is 4.98 Å². The van der Waals surface area contributed by atoms with E-state index in [1.807, 2.05) is 11.4 Å². The van der Waals surface area contributed by atoms with Crippen LogP contribution in [0.25, 0.3) is 10.2 Å². The summed E-state index contributed by atoms with van der Waals surface area (Å²) in [6.45, 7) is 0.528. The minimum absolute atomic E-state index is 0.0662. The maximum atomic E-state index is 8.69. The molecule has 14 heavy (non-hydrogen) atoms. The number of rotatable bonds is 3. The lowest BCUT2D eigenvalue weighted by Crippen LogP contribution is -2.08. The molecule has 2 rings (SSSR count). The average molecular weight is 210 g/mol. The maximum Gasteiger partial charge on any atom is 0.222 e. The molecule has 4 N–H and O–H groups in total. The van der Waals surface area contributed by atoms with Gasteiger partial charge < -0.3 is 16.2 Å². The Hall–Kier alpha value is -1.40. The van der Waals surface area contributed by atoms with Crippen LogP contribution in [0.2, 0.25) is 0 Å². The molecule has 2 aromatic rings. The molecule has 0 aliphatic rings. The lowest BCUT2D eigenvalue weighted by Gasteiger charge is -2.04. The molecule has 2 aromatic heterocycles. The summed E-state index contributed by atoms with van der Waals surface area (Å²) in [5.41, 5.74) is 6.37. The second-order valence-electron chi connectivity index (χ2n) is 2.72. The van der Waals surface area contributed by atoms with Crippen molar-refractivity contribution in [3.05, 3.63) is 11.4 Å². The first-order valence-electron chi connectivity index (χ1n) is 4.16. The Morgan fingerprint density at radius 2 is 2.36 bits per heavy atom. The topological polar surface area (TPSA) is 84.1 Å². The van der Waals surface area contributed by atoms with Crippen molar-refractivity contribution in [3.63, 3.8) is 0 Å². The molecular weight excluding hydrogens is 200 g/mol. The molecule has 0 aliphatic heterocycles. The second kappa shape index (κ2) is 3.77. The molecule has 5 nitrogen and oxygen atoms in total. The zero-order chi connectivity index (χ0) is 9.97. The molecule has 0 atom stereocenters. The van der Waals surface area contributed by atoms with E-state index in [0.29, 0.717) is 12.4 Å². The molecule has 74 valence electrons. The summed E-state index contributed by atoms with van der Waals surface area (Å²) in [5.74, 6) is 0.938. The van der Waals surface area contributed by atoms with Gasteiger partial charge >= 0.3 is 0 Å². The Morgan fingerprint density at radius 1 is 1.50 bits per heavy atom. The van der Waals surface area contributed by atoms with Crippen LogP contribution in [0.3, 0.4) is 0 Å². The number of fused-ring (bicyclic) bond motifs is 1. The Morgan fingerprint density at radius 3 is 3.14 bits per heavy atom. The van der Waals surface area contributed by atoms with Gasteiger partial charge in [0.05, 0.1) is 16.8 Å². The van der Waals surface area contributed by atoms with E-state index in [9.17, 15) is 0 Å². The smallest absolute Gasteiger partial charge is 0.222 e. The first kappa shape index (κ1) is 9.17. The molecule has 0 unspecified atom stereocenters. The molecule has 0 aliphatic carbocycles. The highest BCUT2D eigenvalue weighted by atomic mass is 32.1. The molecule has 0 fully saturated rings. The molecule has 0 saturated heterocycles. The van der Waals surface area contributed by atoms with Crippen LogP contribution in [0.1, 0.15) is 0 Å². The fraction of sp³-hybridized carbons (Fsp3) is 0.250. The van der Waals surface area contributed by atoms with Crippen LogP contribution in [0.15, 0.2) is 11.4 Å². The minimum atomic E-state index is 0.0662. The highest BCUT2D eigenvalue weighted by Gasteiger charge is 2.06. The largest absolute Gasteiger partial charge is 0.395 e. The van der Waals surface area contributed by atoms with Gasteiger partial charge in [0, 0.05) is 6.54 Å². The van der Waals surface area contributed by atoms with Crippen LogP contribution >= 0.6 is 11.3 Å². The Kier molecular flexibility index (Phi) is 2.47. The number of hydrogen-bond donors (Lipinski definition) is 3. The molecule has 0 amide bonds. The molecule has 0 aromatic carbocycles. The first-order valence-corrected chi connectivity index (χ1v) is 5.04. The highest BCUT2D eigenvalue weighted by Crippen LogP contribution is 2.26. The predicted octanol–water partition coefficient (Wildman–Crippen LogP) is 0.678. The number of nitrogens with two attached hydrogens (primary N) is 1. The molecule has 0 radical (unpaired) electrons. The quantitative estimate of drug-likeness (QED) is 0.693. The average Bonchev–Trinajstić information content (AvgIpc) is 2.61. The SMILES string of the molecule is Nc1nc(NCCO)c2sccc2n1. The number of nitrogens with zero attached hydrogens (tertiary/aromatic N) is 2. The highest BCUT2D eigenvalue weighted by molar-refractivity contribution is 7.17. The molecule has 0 bridgehead atoms. The van der Waals surface area contributed by atoms with Crippen molar-refractivity contribution in [2.24, 2.45) is 0 Å². The van der Waals surface area contributed by atoms with Crippen molar-refractivity contribution < 1.29 is 5.11 Å². The summed E-state index contributed by atoms with van der Waals surface area (Å²) in [6, 6.07) is 1.89. The van der Waals surface area contributed by atoms with Crippen LogP contribution in [-0.2, 0) is 0 Å². The van der Waals surface area contributed by atoms with E-state index in [-0.39, 0.29) is 12.6 Å². The summed E-state index contributed by atoms with van der Waals surface area (Å²) in [5, 5.41) is 13.6. The van der Waals surface area contributed by atoms with Crippen molar-refractivity contribution >= 4 is 33.3 Å². The summed E-state index contributed by atoms with van der Waals surface area (Å²) < 4.78 is 0.965. The van der Waals surface area contributed by atoms with Gasteiger partial charge in [0.15, 0.2) is 0 Å². The van der Waals surface area contributed by atoms with Crippen LogP contribution < -0.4 is 11.1 Å². The van der Waals surface area contributed by atoms with Crippen LogP contribution in [0.4, 0.5) is 11.8 Å². The predicted molar refractivity (Wildman–Crippen MR) is 57.4 cm³/mol. The van der Waals surface area contributed by atoms with Gasteiger partial charge in [-0.25, -0.2) is 4.98 Å². The van der Waals surface area contributed by atoms with Crippen molar-refractivity contribution in [1.82, 2.24) is 9.97 Å². The second-order valence-corrected chi connectivity index (χ2v) is 3.63. The van der Waals surface area contributed by atoms with Crippen molar-refractivity contribution in [2.45, 2.75) is 0 Å². The zero-order valence-electron chi connectivity index (χ0n) is 7.40. The Bertz CT molecular complexity index is 442. The zero-order valence-corrected chi connectivity index (χ0v) is 8.21. The number of thiophene rings is 1. The maximum absolute atomic E-state index is 8.69. The fourth-order valence-corrected chi connectivity index (χ4v) is 1.97. The number of nitrogen functional groups attached to an aromatic ring is 1. The van der Waals surface area contributed by atoms with E-state index in [2.05, 4.69) is 15.3 Å². The molecule has 2 heterocycles. The molecular formula is C8H10N4OS. The summed E-state index contributed by atoms with van der Waals surface area (Å²) >= 11 is 1.55. The van der Waals surface area contributed by atoms with Gasteiger partial charge in [-0.15, -0.1) is 11.3 Å². The third kappa shape index (κ3) is 1.61. The monoisotopic (exact) mass is 210 g/mol. The Labute approximate surface area is 84.6 Å². The molecule has 6 heteroatoms. The van der Waals surface area contributed by atoms with Gasteiger partial charge in [-0.3, -0.25) is 0 Å². The summed E-state index contributed by atoms with van der Waals surface area (Å²) in [7, 11) is 0. The standard InChI is InChI=1S/C8H10N4OS/c9-8-11-5-1-4-14-6(5)7(12-8)10-2-3-13/h1,4,13H,2-3H2,(H3,9,10,11,12). The van der Waals surface area contributed by atoms with E-state index < -0.39 is 0 Å². The van der Waals surface area contributed by atoms with E-state index >= 15 is 0 Å². The number of hydrogen-bond acceptors (Lipinski definition) is 6. The number of anilines is 2. The summed E-state index contributed by atoms with van der Waals surface area (Å²) in [4.78, 5) is 8.14. The third-order valence-corrected chi connectivity index (χ3v) is 2.64. The number of aliphatic hydroxyl groups is 1. The van der Waals surface area contributed by atoms with E-state index in [1.165, 1.54) is 0 Å². The van der Waals surface area contributed by atoms with Crippen LogP contribution in [-0.4, -0.2) is 28.2 Å². The molecule has 0 spiro atoms. The van der Waals surface area contributed by atoms with Crippen LogP contribution in [0.5, 0.6) is 0 Å². The van der Waals surface area contributed by atoms with Gasteiger partial charge in [0.2, 0.25) is 5.95 Å². The normalized spacial score (nSPS) is 10.6. The van der Waals surface area contributed by atoms with E-state index in [1.54, 1.807) is 11.3 Å². The first-order chi connectivity index (χ1) is 6.81. The van der Waals surface area contributed by atoms with E-state index in [4.69, 9.17) is 10.8 Å². The van der Waals surface area contributed by atoms with Gasteiger partial charge in [-0.1, -0.05) is 0 Å². The van der Waals surface area contributed by atoms with Crippen molar-refractivity contribution in [2.75, 3.05) is 24.2 Å².